The van der Waals surface area contributed by atoms with Gasteiger partial charge in [0, 0.05) is 11.4 Å². The Morgan fingerprint density at radius 2 is 2.33 bits per heavy atom. The number of carboxylic acids is 1. The topological polar surface area (TPSA) is 66.4 Å². The van der Waals surface area contributed by atoms with Gasteiger partial charge in [-0.1, -0.05) is 6.07 Å². The molecule has 4 nitrogen and oxygen atoms in total. The fraction of sp³-hybridized carbons (Fsp3) is 0.400. The van der Waals surface area contributed by atoms with Crippen molar-refractivity contribution in [1.29, 1.82) is 0 Å². The third kappa shape index (κ3) is 3.71. The molecule has 82 valence electrons. The third-order valence-electron chi connectivity index (χ3n) is 2.00. The van der Waals surface area contributed by atoms with Crippen LogP contribution in [0.25, 0.3) is 0 Å². The standard InChI is InChI=1S/C10H13NO3S/c1-7(8-3-2-6-15-8)10(14)11-5-4-9(12)13/h2-3,6-7H,4-5H2,1H3,(H,11,14)(H,12,13). The lowest BCUT2D eigenvalue weighted by molar-refractivity contribution is -0.136. The van der Waals surface area contributed by atoms with Crippen LogP contribution >= 0.6 is 11.3 Å². The maximum atomic E-state index is 11.5. The second-order valence-electron chi connectivity index (χ2n) is 3.17. The zero-order chi connectivity index (χ0) is 11.3. The molecule has 1 rings (SSSR count). The quantitative estimate of drug-likeness (QED) is 0.800. The van der Waals surface area contributed by atoms with E-state index < -0.39 is 5.97 Å². The van der Waals surface area contributed by atoms with Crippen molar-refractivity contribution in [3.63, 3.8) is 0 Å². The molecule has 0 aliphatic heterocycles. The van der Waals surface area contributed by atoms with Gasteiger partial charge in [0.15, 0.2) is 0 Å². The molecule has 1 atom stereocenters. The second-order valence-corrected chi connectivity index (χ2v) is 4.15. The minimum absolute atomic E-state index is 0.0388. The average Bonchev–Trinajstić information content (AvgIpc) is 2.68. The molecule has 0 aliphatic carbocycles. The summed E-state index contributed by atoms with van der Waals surface area (Å²) in [4.78, 5) is 22.7. The Balaban J connectivity index is 2.37. The lowest BCUT2D eigenvalue weighted by Crippen LogP contribution is -2.29. The predicted octanol–water partition coefficient (Wildman–Crippen LogP) is 1.44. The van der Waals surface area contributed by atoms with Gasteiger partial charge in [0.2, 0.25) is 5.91 Å². The van der Waals surface area contributed by atoms with E-state index in [4.69, 9.17) is 5.11 Å². The molecule has 0 aromatic carbocycles. The molecule has 1 aromatic rings. The van der Waals surface area contributed by atoms with Gasteiger partial charge in [-0.3, -0.25) is 9.59 Å². The maximum absolute atomic E-state index is 11.5. The monoisotopic (exact) mass is 227 g/mol. The maximum Gasteiger partial charge on any atom is 0.305 e. The zero-order valence-electron chi connectivity index (χ0n) is 8.40. The van der Waals surface area contributed by atoms with Gasteiger partial charge in [0.25, 0.3) is 0 Å². The van der Waals surface area contributed by atoms with Crippen LogP contribution in [0.2, 0.25) is 0 Å². The highest BCUT2D eigenvalue weighted by atomic mass is 32.1. The molecule has 0 saturated heterocycles. The summed E-state index contributed by atoms with van der Waals surface area (Å²) in [7, 11) is 0. The first kappa shape index (κ1) is 11.7. The lowest BCUT2D eigenvalue weighted by atomic mass is 10.1. The van der Waals surface area contributed by atoms with Crippen molar-refractivity contribution in [2.75, 3.05) is 6.54 Å². The molecule has 1 unspecified atom stereocenters. The fourth-order valence-corrected chi connectivity index (χ4v) is 1.90. The molecule has 0 spiro atoms. The summed E-state index contributed by atoms with van der Waals surface area (Å²) in [6, 6.07) is 3.78. The number of rotatable bonds is 5. The van der Waals surface area contributed by atoms with Gasteiger partial charge in [-0.05, 0) is 18.4 Å². The molecule has 0 fully saturated rings. The number of aliphatic carboxylic acids is 1. The SMILES string of the molecule is CC(C(=O)NCCC(=O)O)c1cccs1. The number of nitrogens with one attached hydrogen (secondary N) is 1. The van der Waals surface area contributed by atoms with E-state index in [0.29, 0.717) is 0 Å². The van der Waals surface area contributed by atoms with Gasteiger partial charge >= 0.3 is 5.97 Å². The van der Waals surface area contributed by atoms with Crippen LogP contribution in [0.15, 0.2) is 17.5 Å². The number of amides is 1. The van der Waals surface area contributed by atoms with E-state index in [-0.39, 0.29) is 24.8 Å². The number of carbonyl (C=O) groups excluding carboxylic acids is 1. The van der Waals surface area contributed by atoms with E-state index >= 15 is 0 Å². The average molecular weight is 227 g/mol. The van der Waals surface area contributed by atoms with Crippen LogP contribution < -0.4 is 5.32 Å². The molecule has 15 heavy (non-hydrogen) atoms. The van der Waals surface area contributed by atoms with E-state index in [0.717, 1.165) is 4.88 Å². The van der Waals surface area contributed by atoms with Gasteiger partial charge in [-0.25, -0.2) is 0 Å². The van der Waals surface area contributed by atoms with Gasteiger partial charge in [0.1, 0.15) is 0 Å². The fourth-order valence-electron chi connectivity index (χ4n) is 1.11. The Morgan fingerprint density at radius 3 is 2.87 bits per heavy atom. The predicted molar refractivity (Wildman–Crippen MR) is 58.0 cm³/mol. The van der Waals surface area contributed by atoms with E-state index in [9.17, 15) is 9.59 Å². The van der Waals surface area contributed by atoms with Crippen molar-refractivity contribution < 1.29 is 14.7 Å². The van der Waals surface area contributed by atoms with Crippen molar-refractivity contribution in [2.24, 2.45) is 0 Å². The molecule has 0 aliphatic rings. The first-order valence-electron chi connectivity index (χ1n) is 4.64. The Labute approximate surface area is 91.9 Å². The van der Waals surface area contributed by atoms with E-state index in [1.165, 1.54) is 11.3 Å². The third-order valence-corrected chi connectivity index (χ3v) is 3.06. The highest BCUT2D eigenvalue weighted by molar-refractivity contribution is 7.10. The van der Waals surface area contributed by atoms with Gasteiger partial charge in [0.05, 0.1) is 12.3 Å². The Morgan fingerprint density at radius 1 is 1.60 bits per heavy atom. The van der Waals surface area contributed by atoms with Crippen molar-refractivity contribution in [2.45, 2.75) is 19.3 Å². The van der Waals surface area contributed by atoms with Crippen molar-refractivity contribution >= 4 is 23.2 Å². The lowest BCUT2D eigenvalue weighted by Gasteiger charge is -2.09. The Hall–Kier alpha value is -1.36. The first-order valence-corrected chi connectivity index (χ1v) is 5.52. The summed E-state index contributed by atoms with van der Waals surface area (Å²) in [5, 5.41) is 12.9. The summed E-state index contributed by atoms with van der Waals surface area (Å²) in [6.45, 7) is 1.99. The van der Waals surface area contributed by atoms with Crippen LogP contribution in [0.4, 0.5) is 0 Å². The molecule has 5 heteroatoms. The van der Waals surface area contributed by atoms with Crippen LogP contribution in [0.3, 0.4) is 0 Å². The second kappa shape index (κ2) is 5.50. The van der Waals surface area contributed by atoms with Crippen molar-refractivity contribution in [1.82, 2.24) is 5.32 Å². The normalized spacial score (nSPS) is 12.1. The van der Waals surface area contributed by atoms with Crippen molar-refractivity contribution in [3.8, 4) is 0 Å². The molecule has 2 N–H and O–H groups in total. The smallest absolute Gasteiger partial charge is 0.305 e. The number of carboxylic acid groups (broad SMARTS) is 1. The van der Waals surface area contributed by atoms with E-state index in [2.05, 4.69) is 5.32 Å². The number of hydrogen-bond acceptors (Lipinski definition) is 3. The first-order chi connectivity index (χ1) is 7.11. The molecule has 0 saturated carbocycles. The number of hydrogen-bond donors (Lipinski definition) is 2. The largest absolute Gasteiger partial charge is 0.481 e. The summed E-state index contributed by atoms with van der Waals surface area (Å²) in [5.74, 6) is -1.24. The van der Waals surface area contributed by atoms with Crippen LogP contribution in [0.5, 0.6) is 0 Å². The summed E-state index contributed by atoms with van der Waals surface area (Å²) < 4.78 is 0. The van der Waals surface area contributed by atoms with Crippen molar-refractivity contribution in [3.05, 3.63) is 22.4 Å². The summed E-state index contributed by atoms with van der Waals surface area (Å²) in [5.41, 5.74) is 0. The summed E-state index contributed by atoms with van der Waals surface area (Å²) >= 11 is 1.52. The molecule has 0 bridgehead atoms. The van der Waals surface area contributed by atoms with Gasteiger partial charge in [-0.2, -0.15) is 0 Å². The minimum Gasteiger partial charge on any atom is -0.481 e. The van der Waals surface area contributed by atoms with E-state index in [1.54, 1.807) is 0 Å². The number of carbonyl (C=O) groups is 2. The van der Waals surface area contributed by atoms with Crippen LogP contribution in [-0.4, -0.2) is 23.5 Å². The molecular formula is C10H13NO3S. The molecule has 1 heterocycles. The number of thiophene rings is 1. The Kier molecular flexibility index (Phi) is 4.30. The molecule has 1 aromatic heterocycles. The van der Waals surface area contributed by atoms with Crippen LogP contribution in [-0.2, 0) is 9.59 Å². The van der Waals surface area contributed by atoms with Gasteiger partial charge in [-0.15, -0.1) is 11.3 Å². The van der Waals surface area contributed by atoms with Crippen LogP contribution in [0, 0.1) is 0 Å². The summed E-state index contributed by atoms with van der Waals surface area (Å²) in [6.07, 6.45) is -0.0388. The molecular weight excluding hydrogens is 214 g/mol. The molecule has 0 radical (unpaired) electrons. The molecule has 1 amide bonds. The van der Waals surface area contributed by atoms with E-state index in [1.807, 2.05) is 24.4 Å². The highest BCUT2D eigenvalue weighted by Gasteiger charge is 2.15. The minimum atomic E-state index is -0.904. The van der Waals surface area contributed by atoms with Crippen LogP contribution in [0.1, 0.15) is 24.1 Å². The highest BCUT2D eigenvalue weighted by Crippen LogP contribution is 2.20. The zero-order valence-corrected chi connectivity index (χ0v) is 9.21. The Bertz CT molecular complexity index is 334. The van der Waals surface area contributed by atoms with Gasteiger partial charge < -0.3 is 10.4 Å².